The van der Waals surface area contributed by atoms with Crippen LogP contribution in [0.4, 0.5) is 0 Å². The summed E-state index contributed by atoms with van der Waals surface area (Å²) in [5, 5.41) is 3.64. The molecule has 0 bridgehead atoms. The lowest BCUT2D eigenvalue weighted by atomic mass is 10.0. The van der Waals surface area contributed by atoms with Crippen LogP contribution in [0.25, 0.3) is 43.6 Å². The Balaban J connectivity index is 2.02. The number of fused-ring (bicyclic) bond motifs is 7. The molecule has 2 heterocycles. The normalized spacial score (nSPS) is 11.4. The van der Waals surface area contributed by atoms with E-state index in [9.17, 15) is 0 Å². The standard InChI is InChI=1S/C24H24N2O6/c1-27-15-7-11-13(9-17(15)29-3)25-21-19(11)23(31-5)24(32-6)20-12-8-16(28-2)18(30-4)10-14(12)26-22(20)21/h7-10,25-26H,1-6H3. The minimum Gasteiger partial charge on any atom is -0.493 e. The molecular weight excluding hydrogens is 412 g/mol. The summed E-state index contributed by atoms with van der Waals surface area (Å²) in [6, 6.07) is 7.71. The van der Waals surface area contributed by atoms with Crippen LogP contribution in [-0.2, 0) is 0 Å². The van der Waals surface area contributed by atoms with Gasteiger partial charge < -0.3 is 38.4 Å². The molecule has 0 unspecified atom stereocenters. The molecule has 0 atom stereocenters. The van der Waals surface area contributed by atoms with Gasteiger partial charge in [0.05, 0.1) is 75.5 Å². The van der Waals surface area contributed by atoms with Crippen molar-refractivity contribution in [2.45, 2.75) is 0 Å². The Morgan fingerprint density at radius 3 is 1.12 bits per heavy atom. The highest BCUT2D eigenvalue weighted by Gasteiger charge is 2.25. The van der Waals surface area contributed by atoms with E-state index in [2.05, 4.69) is 9.97 Å². The predicted molar refractivity (Wildman–Crippen MR) is 124 cm³/mol. The number of aromatic nitrogens is 2. The molecule has 3 aromatic carbocycles. The number of ether oxygens (including phenoxy) is 6. The first-order valence-electron chi connectivity index (χ1n) is 9.98. The molecule has 0 saturated carbocycles. The Kier molecular flexibility index (Phi) is 4.58. The molecule has 0 aliphatic carbocycles. The summed E-state index contributed by atoms with van der Waals surface area (Å²) in [6.45, 7) is 0. The molecule has 0 fully saturated rings. The molecule has 0 spiro atoms. The second-order valence-electron chi connectivity index (χ2n) is 7.32. The Hall–Kier alpha value is -3.94. The highest BCUT2D eigenvalue weighted by molar-refractivity contribution is 6.27. The van der Waals surface area contributed by atoms with Crippen LogP contribution >= 0.6 is 0 Å². The third-order valence-electron chi connectivity index (χ3n) is 5.92. The van der Waals surface area contributed by atoms with Crippen LogP contribution in [0.3, 0.4) is 0 Å². The van der Waals surface area contributed by atoms with Crippen molar-refractivity contribution in [3.05, 3.63) is 24.3 Å². The SMILES string of the molecule is COc1cc2[nH]c3c4[nH]c5cc(OC)c(OC)cc5c4c(OC)c(OC)c3c2cc1OC. The van der Waals surface area contributed by atoms with Crippen LogP contribution in [0.15, 0.2) is 24.3 Å². The monoisotopic (exact) mass is 436 g/mol. The maximum Gasteiger partial charge on any atom is 0.171 e. The molecule has 0 radical (unpaired) electrons. The van der Waals surface area contributed by atoms with Gasteiger partial charge in [0.1, 0.15) is 0 Å². The Morgan fingerprint density at radius 2 is 0.812 bits per heavy atom. The molecule has 2 aromatic heterocycles. The van der Waals surface area contributed by atoms with Crippen LogP contribution in [0.5, 0.6) is 34.5 Å². The number of H-pyrrole nitrogens is 2. The average molecular weight is 436 g/mol. The van der Waals surface area contributed by atoms with Gasteiger partial charge in [0.25, 0.3) is 0 Å². The number of benzene rings is 3. The first-order chi connectivity index (χ1) is 15.6. The minimum absolute atomic E-state index is 0.629. The largest absolute Gasteiger partial charge is 0.493 e. The molecule has 5 aromatic rings. The number of methoxy groups -OCH3 is 6. The Labute approximate surface area is 183 Å². The van der Waals surface area contributed by atoms with E-state index >= 15 is 0 Å². The maximum atomic E-state index is 5.89. The first-order valence-corrected chi connectivity index (χ1v) is 9.98. The van der Waals surface area contributed by atoms with E-state index in [1.54, 1.807) is 42.7 Å². The van der Waals surface area contributed by atoms with Crippen molar-refractivity contribution in [3.63, 3.8) is 0 Å². The van der Waals surface area contributed by atoms with Crippen molar-refractivity contribution < 1.29 is 28.4 Å². The Bertz CT molecular complexity index is 1380. The van der Waals surface area contributed by atoms with Crippen molar-refractivity contribution in [2.24, 2.45) is 0 Å². The maximum absolute atomic E-state index is 5.89. The van der Waals surface area contributed by atoms with Gasteiger partial charge in [-0.2, -0.15) is 0 Å². The van der Waals surface area contributed by atoms with Gasteiger partial charge in [-0.25, -0.2) is 0 Å². The third kappa shape index (κ3) is 2.55. The van der Waals surface area contributed by atoms with Crippen molar-refractivity contribution >= 4 is 43.6 Å². The fourth-order valence-electron chi connectivity index (χ4n) is 4.51. The van der Waals surface area contributed by atoms with E-state index in [1.807, 2.05) is 24.3 Å². The zero-order valence-electron chi connectivity index (χ0n) is 18.8. The molecule has 8 heteroatoms. The lowest BCUT2D eigenvalue weighted by Crippen LogP contribution is -1.93. The van der Waals surface area contributed by atoms with Gasteiger partial charge in [-0.1, -0.05) is 0 Å². The average Bonchev–Trinajstić information content (AvgIpc) is 3.38. The second-order valence-corrected chi connectivity index (χ2v) is 7.32. The van der Waals surface area contributed by atoms with Crippen LogP contribution in [0, 0.1) is 0 Å². The van der Waals surface area contributed by atoms with Gasteiger partial charge in [0, 0.05) is 22.9 Å². The van der Waals surface area contributed by atoms with E-state index in [4.69, 9.17) is 28.4 Å². The summed E-state index contributed by atoms with van der Waals surface area (Å²) < 4.78 is 33.8. The fraction of sp³-hybridized carbons (Fsp3) is 0.250. The second kappa shape index (κ2) is 7.33. The van der Waals surface area contributed by atoms with Gasteiger partial charge in [0.15, 0.2) is 34.5 Å². The summed E-state index contributed by atoms with van der Waals surface area (Å²) in [4.78, 5) is 7.05. The third-order valence-corrected chi connectivity index (χ3v) is 5.92. The van der Waals surface area contributed by atoms with Crippen LogP contribution in [-0.4, -0.2) is 52.6 Å². The van der Waals surface area contributed by atoms with Crippen LogP contribution in [0.2, 0.25) is 0 Å². The molecule has 2 N–H and O–H groups in total. The van der Waals surface area contributed by atoms with Crippen LogP contribution < -0.4 is 28.4 Å². The number of hydrogen-bond acceptors (Lipinski definition) is 6. The van der Waals surface area contributed by atoms with E-state index in [-0.39, 0.29) is 0 Å². The molecule has 0 saturated heterocycles. The lowest BCUT2D eigenvalue weighted by Gasteiger charge is -2.12. The summed E-state index contributed by atoms with van der Waals surface area (Å²) in [7, 11) is 9.75. The fourth-order valence-corrected chi connectivity index (χ4v) is 4.51. The number of rotatable bonds is 6. The van der Waals surface area contributed by atoms with E-state index in [0.29, 0.717) is 34.5 Å². The van der Waals surface area contributed by atoms with Crippen molar-refractivity contribution in [1.82, 2.24) is 9.97 Å². The zero-order valence-corrected chi connectivity index (χ0v) is 18.8. The lowest BCUT2D eigenvalue weighted by molar-refractivity contribution is 0.355. The number of nitrogens with one attached hydrogen (secondary N) is 2. The minimum atomic E-state index is 0.629. The predicted octanol–water partition coefficient (Wildman–Crippen LogP) is 5.01. The molecule has 166 valence electrons. The van der Waals surface area contributed by atoms with Gasteiger partial charge in [-0.05, 0) is 12.1 Å². The number of hydrogen-bond donors (Lipinski definition) is 2. The molecule has 0 aliphatic heterocycles. The van der Waals surface area contributed by atoms with Crippen LogP contribution in [0.1, 0.15) is 0 Å². The van der Waals surface area contributed by atoms with E-state index < -0.39 is 0 Å². The first kappa shape index (κ1) is 20.0. The Morgan fingerprint density at radius 1 is 0.469 bits per heavy atom. The van der Waals surface area contributed by atoms with E-state index in [0.717, 1.165) is 43.6 Å². The molecule has 0 aliphatic rings. The van der Waals surface area contributed by atoms with Gasteiger partial charge in [-0.15, -0.1) is 0 Å². The zero-order chi connectivity index (χ0) is 22.6. The number of aromatic amines is 2. The molecule has 32 heavy (non-hydrogen) atoms. The topological polar surface area (TPSA) is 87.0 Å². The highest BCUT2D eigenvalue weighted by Crippen LogP contribution is 2.50. The molecule has 8 nitrogen and oxygen atoms in total. The summed E-state index contributed by atoms with van der Waals surface area (Å²) >= 11 is 0. The quantitative estimate of drug-likeness (QED) is 0.389. The van der Waals surface area contributed by atoms with Gasteiger partial charge in [-0.3, -0.25) is 0 Å². The summed E-state index contributed by atoms with van der Waals surface area (Å²) in [6.07, 6.45) is 0. The molecule has 0 amide bonds. The summed E-state index contributed by atoms with van der Waals surface area (Å²) in [5.74, 6) is 3.80. The van der Waals surface area contributed by atoms with Crippen molar-refractivity contribution in [1.29, 1.82) is 0 Å². The summed E-state index contributed by atoms with van der Waals surface area (Å²) in [5.41, 5.74) is 3.55. The van der Waals surface area contributed by atoms with Gasteiger partial charge >= 0.3 is 0 Å². The highest BCUT2D eigenvalue weighted by atomic mass is 16.5. The molecule has 5 rings (SSSR count). The van der Waals surface area contributed by atoms with Gasteiger partial charge in [0.2, 0.25) is 0 Å². The molecular formula is C24H24N2O6. The van der Waals surface area contributed by atoms with Crippen molar-refractivity contribution in [2.75, 3.05) is 42.7 Å². The smallest absolute Gasteiger partial charge is 0.171 e. The van der Waals surface area contributed by atoms with E-state index in [1.165, 1.54) is 0 Å². The van der Waals surface area contributed by atoms with Crippen molar-refractivity contribution in [3.8, 4) is 34.5 Å².